The number of hydrogen-bond donors (Lipinski definition) is 0. The van der Waals surface area contributed by atoms with Crippen molar-refractivity contribution in [2.45, 2.75) is 0 Å². The van der Waals surface area contributed by atoms with Crippen molar-refractivity contribution in [1.82, 2.24) is 15.0 Å². The number of nitrogens with zero attached hydrogens (tertiary/aromatic N) is 3. The van der Waals surface area contributed by atoms with Gasteiger partial charge < -0.3 is 0 Å². The Labute approximate surface area is 199 Å². The smallest absolute Gasteiger partial charge is 0.164 e. The normalized spacial score (nSPS) is 10.8. The fourth-order valence-corrected chi connectivity index (χ4v) is 4.04. The zero-order valence-electron chi connectivity index (χ0n) is 16.9. The van der Waals surface area contributed by atoms with Gasteiger partial charge in [-0.2, -0.15) is 0 Å². The van der Waals surface area contributed by atoms with E-state index >= 15 is 0 Å². The summed E-state index contributed by atoms with van der Waals surface area (Å²) in [6.07, 6.45) is 0. The van der Waals surface area contributed by atoms with Gasteiger partial charge in [0.2, 0.25) is 0 Å². The predicted octanol–water partition coefficient (Wildman–Crippen LogP) is 7.96. The van der Waals surface area contributed by atoms with Crippen LogP contribution < -0.4 is 0 Å². The minimum Gasteiger partial charge on any atom is -0.208 e. The highest BCUT2D eigenvalue weighted by molar-refractivity contribution is 9.10. The van der Waals surface area contributed by atoms with E-state index < -0.39 is 0 Å². The molecule has 1 aromatic heterocycles. The minimum atomic E-state index is 0.629. The molecule has 0 atom stereocenters. The largest absolute Gasteiger partial charge is 0.208 e. The van der Waals surface area contributed by atoms with Crippen molar-refractivity contribution in [1.29, 1.82) is 0 Å². The summed E-state index contributed by atoms with van der Waals surface area (Å²) < 4.78 is 0.985. The molecule has 3 nitrogen and oxygen atoms in total. The molecule has 0 saturated carbocycles. The van der Waals surface area contributed by atoms with E-state index in [9.17, 15) is 0 Å². The van der Waals surface area contributed by atoms with Gasteiger partial charge in [0.05, 0.1) is 0 Å². The zero-order chi connectivity index (χ0) is 21.9. The molecule has 154 valence electrons. The van der Waals surface area contributed by atoms with Crippen LogP contribution in [-0.2, 0) is 0 Å². The van der Waals surface area contributed by atoms with Crippen LogP contribution in [-0.4, -0.2) is 15.0 Å². The van der Waals surface area contributed by atoms with Gasteiger partial charge in [-0.1, -0.05) is 112 Å². The van der Waals surface area contributed by atoms with E-state index in [1.165, 1.54) is 0 Å². The predicted molar refractivity (Wildman–Crippen MR) is 134 cm³/mol. The third-order valence-electron chi connectivity index (χ3n) is 5.08. The second kappa shape index (κ2) is 9.03. The van der Waals surface area contributed by atoms with Gasteiger partial charge in [0.15, 0.2) is 17.5 Å². The van der Waals surface area contributed by atoms with Crippen LogP contribution >= 0.6 is 27.5 Å². The second-order valence-corrected chi connectivity index (χ2v) is 8.56. The lowest BCUT2D eigenvalue weighted by atomic mass is 10.0. The molecule has 5 heteroatoms. The quantitative estimate of drug-likeness (QED) is 0.252. The van der Waals surface area contributed by atoms with E-state index in [1.807, 2.05) is 103 Å². The summed E-state index contributed by atoms with van der Waals surface area (Å²) in [5, 5.41) is 0.707. The van der Waals surface area contributed by atoms with Gasteiger partial charge in [0, 0.05) is 31.7 Å². The molecule has 0 radical (unpaired) electrons. The summed E-state index contributed by atoms with van der Waals surface area (Å²) in [6, 6.07) is 33.9. The maximum Gasteiger partial charge on any atom is 0.164 e. The number of halogens is 2. The van der Waals surface area contributed by atoms with Gasteiger partial charge in [-0.25, -0.2) is 15.0 Å². The molecule has 5 rings (SSSR count). The Hall–Kier alpha value is -3.34. The van der Waals surface area contributed by atoms with Crippen molar-refractivity contribution in [2.24, 2.45) is 0 Å². The topological polar surface area (TPSA) is 38.7 Å². The molecule has 0 N–H and O–H groups in total. The van der Waals surface area contributed by atoms with E-state index in [0.29, 0.717) is 22.5 Å². The number of benzene rings is 4. The maximum atomic E-state index is 6.41. The van der Waals surface area contributed by atoms with Crippen LogP contribution in [0.25, 0.3) is 45.3 Å². The Balaban J connectivity index is 1.60. The summed E-state index contributed by atoms with van der Waals surface area (Å²) in [5.41, 5.74) is 4.81. The Morgan fingerprint density at radius 1 is 0.500 bits per heavy atom. The Kier molecular flexibility index (Phi) is 5.80. The standard InChI is InChI=1S/C27H17BrClN3/c28-22-15-16-24(29)23(17-22)18-11-13-21(14-12-18)27-31-25(19-7-3-1-4-8-19)30-26(32-27)20-9-5-2-6-10-20/h1-17H. The van der Waals surface area contributed by atoms with Gasteiger partial charge in [0.25, 0.3) is 0 Å². The molecule has 0 amide bonds. The lowest BCUT2D eigenvalue weighted by Crippen LogP contribution is -2.00. The molecule has 0 bridgehead atoms. The number of rotatable bonds is 4. The number of aromatic nitrogens is 3. The van der Waals surface area contributed by atoms with E-state index in [-0.39, 0.29) is 0 Å². The van der Waals surface area contributed by atoms with Crippen molar-refractivity contribution < 1.29 is 0 Å². The van der Waals surface area contributed by atoms with E-state index in [0.717, 1.165) is 32.3 Å². The summed E-state index contributed by atoms with van der Waals surface area (Å²) in [5.74, 6) is 1.92. The van der Waals surface area contributed by atoms with Crippen molar-refractivity contribution in [3.05, 3.63) is 113 Å². The van der Waals surface area contributed by atoms with Gasteiger partial charge >= 0.3 is 0 Å². The Bertz CT molecular complexity index is 1310. The lowest BCUT2D eigenvalue weighted by Gasteiger charge is -2.09. The molecule has 5 aromatic rings. The Morgan fingerprint density at radius 3 is 1.44 bits per heavy atom. The third kappa shape index (κ3) is 4.33. The summed E-state index contributed by atoms with van der Waals surface area (Å²) in [7, 11) is 0. The molecule has 32 heavy (non-hydrogen) atoms. The summed E-state index contributed by atoms with van der Waals surface area (Å²) in [6.45, 7) is 0. The molecule has 0 unspecified atom stereocenters. The summed E-state index contributed by atoms with van der Waals surface area (Å²) in [4.78, 5) is 14.3. The molecule has 0 aliphatic heterocycles. The Morgan fingerprint density at radius 2 is 0.938 bits per heavy atom. The molecule has 0 fully saturated rings. The molecule has 0 saturated heterocycles. The lowest BCUT2D eigenvalue weighted by molar-refractivity contribution is 1.07. The fraction of sp³-hybridized carbons (Fsp3) is 0. The van der Waals surface area contributed by atoms with Gasteiger partial charge in [0.1, 0.15) is 0 Å². The van der Waals surface area contributed by atoms with E-state index in [2.05, 4.69) is 15.9 Å². The SMILES string of the molecule is Clc1ccc(Br)cc1-c1ccc(-c2nc(-c3ccccc3)nc(-c3ccccc3)n2)cc1. The molecule has 0 aliphatic carbocycles. The first-order chi connectivity index (χ1) is 15.7. The van der Waals surface area contributed by atoms with Gasteiger partial charge in [-0.3, -0.25) is 0 Å². The van der Waals surface area contributed by atoms with Crippen LogP contribution in [0.5, 0.6) is 0 Å². The molecule has 0 spiro atoms. The highest BCUT2D eigenvalue weighted by atomic mass is 79.9. The van der Waals surface area contributed by atoms with Crippen LogP contribution in [0.1, 0.15) is 0 Å². The summed E-state index contributed by atoms with van der Waals surface area (Å²) >= 11 is 9.93. The fourth-order valence-electron chi connectivity index (χ4n) is 3.46. The van der Waals surface area contributed by atoms with Crippen molar-refractivity contribution >= 4 is 27.5 Å². The highest BCUT2D eigenvalue weighted by Crippen LogP contribution is 2.32. The van der Waals surface area contributed by atoms with Crippen LogP contribution in [0, 0.1) is 0 Å². The van der Waals surface area contributed by atoms with Crippen LogP contribution in [0.4, 0.5) is 0 Å². The average Bonchev–Trinajstić information content (AvgIpc) is 2.86. The van der Waals surface area contributed by atoms with Crippen LogP contribution in [0.2, 0.25) is 5.02 Å². The van der Waals surface area contributed by atoms with Gasteiger partial charge in [-0.15, -0.1) is 0 Å². The van der Waals surface area contributed by atoms with Crippen LogP contribution in [0.3, 0.4) is 0 Å². The van der Waals surface area contributed by atoms with Crippen LogP contribution in [0.15, 0.2) is 108 Å². The van der Waals surface area contributed by atoms with Gasteiger partial charge in [-0.05, 0) is 23.8 Å². The third-order valence-corrected chi connectivity index (χ3v) is 5.90. The highest BCUT2D eigenvalue weighted by Gasteiger charge is 2.12. The van der Waals surface area contributed by atoms with E-state index in [4.69, 9.17) is 26.6 Å². The first-order valence-corrected chi connectivity index (χ1v) is 11.3. The zero-order valence-corrected chi connectivity index (χ0v) is 19.3. The van der Waals surface area contributed by atoms with Crippen molar-refractivity contribution in [3.63, 3.8) is 0 Å². The second-order valence-electron chi connectivity index (χ2n) is 7.24. The average molecular weight is 499 g/mol. The number of hydrogen-bond acceptors (Lipinski definition) is 3. The van der Waals surface area contributed by atoms with Crippen molar-refractivity contribution in [2.75, 3.05) is 0 Å². The maximum absolute atomic E-state index is 6.41. The molecule has 4 aromatic carbocycles. The first kappa shape index (κ1) is 20.6. The molecule has 1 heterocycles. The van der Waals surface area contributed by atoms with E-state index in [1.54, 1.807) is 0 Å². The first-order valence-electron chi connectivity index (χ1n) is 10.1. The van der Waals surface area contributed by atoms with Crippen molar-refractivity contribution in [3.8, 4) is 45.3 Å². The molecular weight excluding hydrogens is 482 g/mol. The minimum absolute atomic E-state index is 0.629. The monoisotopic (exact) mass is 497 g/mol. The molecule has 0 aliphatic rings. The molecular formula is C27H17BrClN3.